The van der Waals surface area contributed by atoms with Crippen LogP contribution in [-0.4, -0.2) is 11.4 Å². The number of rotatable bonds is 3. The number of nitrogens with two attached hydrogens (primary N) is 1. The van der Waals surface area contributed by atoms with Crippen LogP contribution in [0.4, 0.5) is 5.69 Å². The molecule has 1 aromatic rings. The average Bonchev–Trinajstić information content (AvgIpc) is 2.32. The smallest absolute Gasteiger partial charge is 0.243 e. The monoisotopic (exact) mass is 266 g/mol. The number of hydrogen-bond acceptors (Lipinski definition) is 2. The minimum Gasteiger partial charge on any atom is -0.371 e. The first kappa shape index (κ1) is 13.2. The second-order valence-corrected chi connectivity index (χ2v) is 5.72. The maximum atomic E-state index is 11.8. The number of carbonyl (C=O) groups excluding carboxylic acids is 1. The quantitative estimate of drug-likeness (QED) is 0.883. The lowest BCUT2D eigenvalue weighted by Gasteiger charge is -2.38. The molecular formula is C14H19ClN2O. The van der Waals surface area contributed by atoms with Gasteiger partial charge in [0.05, 0.1) is 0 Å². The zero-order valence-corrected chi connectivity index (χ0v) is 11.3. The summed E-state index contributed by atoms with van der Waals surface area (Å²) in [7, 11) is 0. The Morgan fingerprint density at radius 2 is 2.11 bits per heavy atom. The minimum absolute atomic E-state index is 0.260. The van der Waals surface area contributed by atoms with E-state index in [1.54, 1.807) is 0 Å². The van der Waals surface area contributed by atoms with Gasteiger partial charge in [-0.25, -0.2) is 0 Å². The Balaban J connectivity index is 2.20. The van der Waals surface area contributed by atoms with E-state index in [4.69, 9.17) is 17.3 Å². The van der Waals surface area contributed by atoms with Crippen LogP contribution in [0.5, 0.6) is 0 Å². The Bertz CT molecular complexity index is 432. The summed E-state index contributed by atoms with van der Waals surface area (Å²) in [6.45, 7) is 2.17. The summed E-state index contributed by atoms with van der Waals surface area (Å²) in [6, 6.07) is 7.38. The van der Waals surface area contributed by atoms with Crippen LogP contribution < -0.4 is 11.1 Å². The Labute approximate surface area is 113 Å². The molecule has 1 aliphatic carbocycles. The van der Waals surface area contributed by atoms with Crippen LogP contribution in [0.15, 0.2) is 24.3 Å². The molecule has 0 heterocycles. The van der Waals surface area contributed by atoms with Gasteiger partial charge in [0.15, 0.2) is 0 Å². The highest BCUT2D eigenvalue weighted by Crippen LogP contribution is 2.35. The molecular weight excluding hydrogens is 248 g/mol. The molecule has 98 valence electrons. The van der Waals surface area contributed by atoms with Gasteiger partial charge >= 0.3 is 0 Å². The minimum atomic E-state index is -0.606. The number of nitrogens with one attached hydrogen (secondary N) is 1. The molecule has 0 aromatic heterocycles. The highest BCUT2D eigenvalue weighted by atomic mass is 35.5. The predicted molar refractivity (Wildman–Crippen MR) is 74.6 cm³/mol. The summed E-state index contributed by atoms with van der Waals surface area (Å²) in [4.78, 5) is 11.8. The second kappa shape index (κ2) is 5.19. The molecule has 0 radical (unpaired) electrons. The number of anilines is 1. The summed E-state index contributed by atoms with van der Waals surface area (Å²) in [6.07, 6.45) is 3.79. The van der Waals surface area contributed by atoms with E-state index in [0.717, 1.165) is 31.4 Å². The Morgan fingerprint density at radius 3 is 2.67 bits per heavy atom. The topological polar surface area (TPSA) is 55.1 Å². The summed E-state index contributed by atoms with van der Waals surface area (Å²) >= 11 is 5.86. The molecule has 1 fully saturated rings. The molecule has 3 N–H and O–H groups in total. The summed E-state index contributed by atoms with van der Waals surface area (Å²) in [5.41, 5.74) is 5.90. The highest BCUT2D eigenvalue weighted by Gasteiger charge is 2.40. The number of halogens is 1. The fourth-order valence-electron chi connectivity index (χ4n) is 2.76. The van der Waals surface area contributed by atoms with Crippen molar-refractivity contribution in [1.82, 2.24) is 0 Å². The van der Waals surface area contributed by atoms with Gasteiger partial charge in [0.25, 0.3) is 0 Å². The molecule has 1 aliphatic rings. The molecule has 1 saturated carbocycles. The van der Waals surface area contributed by atoms with Crippen molar-refractivity contribution in [3.05, 3.63) is 29.3 Å². The molecule has 2 rings (SSSR count). The fourth-order valence-corrected chi connectivity index (χ4v) is 2.89. The lowest BCUT2D eigenvalue weighted by atomic mass is 9.75. The highest BCUT2D eigenvalue weighted by molar-refractivity contribution is 6.30. The van der Waals surface area contributed by atoms with E-state index in [1.165, 1.54) is 0 Å². The molecule has 18 heavy (non-hydrogen) atoms. The van der Waals surface area contributed by atoms with Crippen molar-refractivity contribution in [3.8, 4) is 0 Å². The summed E-state index contributed by atoms with van der Waals surface area (Å²) in [5.74, 6) is 0.259. The number of primary amides is 1. The zero-order chi connectivity index (χ0) is 13.2. The van der Waals surface area contributed by atoms with Gasteiger partial charge in [0.1, 0.15) is 5.54 Å². The maximum Gasteiger partial charge on any atom is 0.243 e. The first-order chi connectivity index (χ1) is 8.52. The maximum absolute atomic E-state index is 11.8. The third-order valence-corrected chi connectivity index (χ3v) is 3.95. The largest absolute Gasteiger partial charge is 0.371 e. The first-order valence-corrected chi connectivity index (χ1v) is 6.73. The van der Waals surface area contributed by atoms with Crippen LogP contribution in [0.3, 0.4) is 0 Å². The molecule has 0 bridgehead atoms. The average molecular weight is 267 g/mol. The molecule has 3 nitrogen and oxygen atoms in total. The Morgan fingerprint density at radius 1 is 1.44 bits per heavy atom. The van der Waals surface area contributed by atoms with Crippen LogP contribution >= 0.6 is 11.6 Å². The number of hydrogen-bond donors (Lipinski definition) is 2. The van der Waals surface area contributed by atoms with Gasteiger partial charge in [-0.3, -0.25) is 4.79 Å². The normalized spacial score (nSPS) is 27.8. The molecule has 0 saturated heterocycles. The number of benzene rings is 1. The zero-order valence-electron chi connectivity index (χ0n) is 10.6. The standard InChI is InChI=1S/C14H19ClN2O/c1-10-3-2-8-14(9-10,13(16)18)17-12-6-4-11(15)5-7-12/h4-7,10,17H,2-3,8-9H2,1H3,(H2,16,18). The molecule has 0 aliphatic heterocycles. The second-order valence-electron chi connectivity index (χ2n) is 5.28. The van der Waals surface area contributed by atoms with Crippen molar-refractivity contribution < 1.29 is 4.79 Å². The van der Waals surface area contributed by atoms with E-state index < -0.39 is 5.54 Å². The van der Waals surface area contributed by atoms with E-state index >= 15 is 0 Å². The molecule has 1 aromatic carbocycles. The van der Waals surface area contributed by atoms with Crippen molar-refractivity contribution in [1.29, 1.82) is 0 Å². The van der Waals surface area contributed by atoms with Crippen LogP contribution in [0.25, 0.3) is 0 Å². The van der Waals surface area contributed by atoms with Crippen molar-refractivity contribution in [2.45, 2.75) is 38.1 Å². The first-order valence-electron chi connectivity index (χ1n) is 6.35. The van der Waals surface area contributed by atoms with Gasteiger partial charge in [-0.1, -0.05) is 31.4 Å². The summed E-state index contributed by atoms with van der Waals surface area (Å²) < 4.78 is 0. The molecule has 0 spiro atoms. The van der Waals surface area contributed by atoms with E-state index in [2.05, 4.69) is 12.2 Å². The van der Waals surface area contributed by atoms with Crippen molar-refractivity contribution in [2.24, 2.45) is 11.7 Å². The van der Waals surface area contributed by atoms with Gasteiger partial charge in [0, 0.05) is 10.7 Å². The van der Waals surface area contributed by atoms with E-state index in [0.29, 0.717) is 10.9 Å². The molecule has 2 atom stereocenters. The number of amides is 1. The molecule has 1 amide bonds. The SMILES string of the molecule is CC1CCCC(Nc2ccc(Cl)cc2)(C(N)=O)C1. The van der Waals surface area contributed by atoms with Crippen molar-refractivity contribution in [3.63, 3.8) is 0 Å². The van der Waals surface area contributed by atoms with Crippen LogP contribution in [0.1, 0.15) is 32.6 Å². The van der Waals surface area contributed by atoms with Gasteiger partial charge in [0.2, 0.25) is 5.91 Å². The van der Waals surface area contributed by atoms with E-state index in [1.807, 2.05) is 24.3 Å². The lowest BCUT2D eigenvalue weighted by Crippen LogP contribution is -2.53. The van der Waals surface area contributed by atoms with Crippen LogP contribution in [0, 0.1) is 5.92 Å². The van der Waals surface area contributed by atoms with Gasteiger partial charge in [-0.05, 0) is 43.0 Å². The Kier molecular flexibility index (Phi) is 3.81. The third kappa shape index (κ3) is 2.78. The fraction of sp³-hybridized carbons (Fsp3) is 0.500. The lowest BCUT2D eigenvalue weighted by molar-refractivity contribution is -0.123. The van der Waals surface area contributed by atoms with Gasteiger partial charge in [-0.15, -0.1) is 0 Å². The van der Waals surface area contributed by atoms with Crippen molar-refractivity contribution >= 4 is 23.2 Å². The number of carbonyl (C=O) groups is 1. The molecule has 2 unspecified atom stereocenters. The van der Waals surface area contributed by atoms with E-state index in [9.17, 15) is 4.79 Å². The van der Waals surface area contributed by atoms with Gasteiger partial charge < -0.3 is 11.1 Å². The van der Waals surface area contributed by atoms with E-state index in [-0.39, 0.29) is 5.91 Å². The van der Waals surface area contributed by atoms with Crippen LogP contribution in [-0.2, 0) is 4.79 Å². The molecule has 4 heteroatoms. The van der Waals surface area contributed by atoms with Crippen molar-refractivity contribution in [2.75, 3.05) is 5.32 Å². The predicted octanol–water partition coefficient (Wildman–Crippen LogP) is 3.19. The van der Waals surface area contributed by atoms with Gasteiger partial charge in [-0.2, -0.15) is 0 Å². The summed E-state index contributed by atoms with van der Waals surface area (Å²) in [5, 5.41) is 4.00. The Hall–Kier alpha value is -1.22. The third-order valence-electron chi connectivity index (χ3n) is 3.70. The van der Waals surface area contributed by atoms with Crippen LogP contribution in [0.2, 0.25) is 5.02 Å².